The van der Waals surface area contributed by atoms with Gasteiger partial charge in [0.05, 0.1) is 0 Å². The van der Waals surface area contributed by atoms with Crippen LogP contribution in [0, 0.1) is 0 Å². The van der Waals surface area contributed by atoms with Crippen LogP contribution in [0.15, 0.2) is 164 Å². The zero-order valence-corrected chi connectivity index (χ0v) is 34.8. The SMILES string of the molecule is CC1(C)c2ccccc2-c2ccc(N(c3ccc(C4CCCCCCC4)cc3)c3cc4ccc3CCc3ccc(c(N(c5ccccc5)c5ccccc5)c3)CC4)cc21. The van der Waals surface area contributed by atoms with Gasteiger partial charge in [0.15, 0.2) is 0 Å². The first-order valence-corrected chi connectivity index (χ1v) is 22.3. The molecule has 7 aromatic carbocycles. The largest absolute Gasteiger partial charge is 0.310 e. The molecular formula is C57H56N2. The van der Waals surface area contributed by atoms with Gasteiger partial charge in [-0.1, -0.05) is 149 Å². The number of anilines is 6. The van der Waals surface area contributed by atoms with Crippen molar-refractivity contribution in [1.29, 1.82) is 0 Å². The van der Waals surface area contributed by atoms with Crippen molar-refractivity contribution in [3.63, 3.8) is 0 Å². The molecule has 0 unspecified atom stereocenters. The number of nitrogens with zero attached hydrogens (tertiary/aromatic N) is 2. The van der Waals surface area contributed by atoms with Crippen LogP contribution in [-0.4, -0.2) is 0 Å². The Morgan fingerprint density at radius 3 is 1.51 bits per heavy atom. The average Bonchev–Trinajstić information content (AvgIpc) is 3.49. The monoisotopic (exact) mass is 768 g/mol. The van der Waals surface area contributed by atoms with Crippen LogP contribution < -0.4 is 9.80 Å². The third kappa shape index (κ3) is 7.28. The fraction of sp³-hybridized carbons (Fsp3) is 0.263. The molecule has 0 heterocycles. The summed E-state index contributed by atoms with van der Waals surface area (Å²) in [6.45, 7) is 4.80. The summed E-state index contributed by atoms with van der Waals surface area (Å²) < 4.78 is 0. The highest BCUT2D eigenvalue weighted by Crippen LogP contribution is 2.51. The first-order valence-electron chi connectivity index (χ1n) is 22.3. The van der Waals surface area contributed by atoms with Gasteiger partial charge in [0.25, 0.3) is 0 Å². The van der Waals surface area contributed by atoms with Gasteiger partial charge in [-0.25, -0.2) is 0 Å². The lowest BCUT2D eigenvalue weighted by Crippen LogP contribution is -2.17. The van der Waals surface area contributed by atoms with Gasteiger partial charge in [-0.05, 0) is 155 Å². The number of hydrogen-bond acceptors (Lipinski definition) is 2. The minimum absolute atomic E-state index is 0.0752. The van der Waals surface area contributed by atoms with E-state index in [-0.39, 0.29) is 5.41 Å². The summed E-state index contributed by atoms with van der Waals surface area (Å²) in [6.07, 6.45) is 13.3. The second-order valence-electron chi connectivity index (χ2n) is 17.8. The molecule has 0 aromatic heterocycles. The van der Waals surface area contributed by atoms with Crippen molar-refractivity contribution in [2.45, 2.75) is 95.8 Å². The molecule has 1 saturated carbocycles. The van der Waals surface area contributed by atoms with E-state index >= 15 is 0 Å². The fourth-order valence-corrected chi connectivity index (χ4v) is 10.5. The predicted octanol–water partition coefficient (Wildman–Crippen LogP) is 15.6. The van der Waals surface area contributed by atoms with Gasteiger partial charge in [0.1, 0.15) is 0 Å². The minimum Gasteiger partial charge on any atom is -0.310 e. The van der Waals surface area contributed by atoms with Crippen molar-refractivity contribution in [2.75, 3.05) is 9.80 Å². The number of para-hydroxylation sites is 2. The van der Waals surface area contributed by atoms with E-state index in [1.165, 1.54) is 129 Å². The molecule has 6 aliphatic rings. The Hall–Kier alpha value is -5.86. The third-order valence-corrected chi connectivity index (χ3v) is 13.7. The van der Waals surface area contributed by atoms with Gasteiger partial charge >= 0.3 is 0 Å². The van der Waals surface area contributed by atoms with Gasteiger partial charge in [-0.3, -0.25) is 0 Å². The van der Waals surface area contributed by atoms with Gasteiger partial charge < -0.3 is 9.80 Å². The zero-order chi connectivity index (χ0) is 39.8. The molecule has 7 aromatic rings. The topological polar surface area (TPSA) is 6.48 Å². The molecule has 13 rings (SSSR count). The van der Waals surface area contributed by atoms with Crippen molar-refractivity contribution in [1.82, 2.24) is 0 Å². The second-order valence-corrected chi connectivity index (χ2v) is 17.8. The quantitative estimate of drug-likeness (QED) is 0.159. The van der Waals surface area contributed by atoms with E-state index in [2.05, 4.69) is 187 Å². The smallest absolute Gasteiger partial charge is 0.0496 e. The van der Waals surface area contributed by atoms with E-state index in [0.29, 0.717) is 5.92 Å². The Morgan fingerprint density at radius 2 is 0.898 bits per heavy atom. The van der Waals surface area contributed by atoms with Gasteiger partial charge in [-0.15, -0.1) is 0 Å². The summed E-state index contributed by atoms with van der Waals surface area (Å²) in [5, 5.41) is 0. The summed E-state index contributed by atoms with van der Waals surface area (Å²) in [5.74, 6) is 0.664. The summed E-state index contributed by atoms with van der Waals surface area (Å²) in [7, 11) is 0. The molecule has 0 radical (unpaired) electrons. The minimum atomic E-state index is -0.0752. The molecule has 1 fully saturated rings. The van der Waals surface area contributed by atoms with Gasteiger partial charge in [-0.2, -0.15) is 0 Å². The summed E-state index contributed by atoms with van der Waals surface area (Å²) in [4.78, 5) is 5.04. The Balaban J connectivity index is 1.06. The maximum atomic E-state index is 2.59. The van der Waals surface area contributed by atoms with Crippen molar-refractivity contribution in [3.05, 3.63) is 203 Å². The Labute approximate surface area is 352 Å². The van der Waals surface area contributed by atoms with E-state index < -0.39 is 0 Å². The molecule has 0 spiro atoms. The normalized spacial score (nSPS) is 16.0. The number of benzene rings is 7. The van der Waals surface area contributed by atoms with Crippen molar-refractivity contribution < 1.29 is 0 Å². The lowest BCUT2D eigenvalue weighted by Gasteiger charge is -2.31. The second kappa shape index (κ2) is 16.1. The molecule has 0 atom stereocenters. The van der Waals surface area contributed by atoms with E-state index in [1.54, 1.807) is 0 Å². The molecule has 0 N–H and O–H groups in total. The third-order valence-electron chi connectivity index (χ3n) is 13.7. The molecule has 4 bridgehead atoms. The maximum Gasteiger partial charge on any atom is 0.0496 e. The van der Waals surface area contributed by atoms with Crippen molar-refractivity contribution >= 4 is 34.1 Å². The van der Waals surface area contributed by atoms with Gasteiger partial charge in [0, 0.05) is 39.5 Å². The number of hydrogen-bond donors (Lipinski definition) is 0. The Morgan fingerprint density at radius 1 is 0.407 bits per heavy atom. The number of rotatable bonds is 7. The molecule has 0 aliphatic heterocycles. The first-order chi connectivity index (χ1) is 29.0. The van der Waals surface area contributed by atoms with Crippen LogP contribution in [0.5, 0.6) is 0 Å². The van der Waals surface area contributed by atoms with Crippen LogP contribution in [-0.2, 0) is 31.1 Å². The molecule has 2 heteroatoms. The van der Waals surface area contributed by atoms with Crippen molar-refractivity contribution in [3.8, 4) is 11.1 Å². The molecular weight excluding hydrogens is 713 g/mol. The zero-order valence-electron chi connectivity index (χ0n) is 34.8. The predicted molar refractivity (Wildman–Crippen MR) is 250 cm³/mol. The molecule has 294 valence electrons. The number of aryl methyl sites for hydroxylation is 4. The molecule has 6 aliphatic carbocycles. The Kier molecular flexibility index (Phi) is 10.2. The van der Waals surface area contributed by atoms with Crippen LogP contribution in [0.1, 0.15) is 104 Å². The lowest BCUT2D eigenvalue weighted by atomic mass is 9.82. The molecule has 0 amide bonds. The number of fused-ring (bicyclic) bond motifs is 3. The van der Waals surface area contributed by atoms with Crippen molar-refractivity contribution in [2.24, 2.45) is 0 Å². The van der Waals surface area contributed by atoms with Crippen LogP contribution in [0.25, 0.3) is 11.1 Å². The molecule has 0 saturated heterocycles. The van der Waals surface area contributed by atoms with Crippen LogP contribution in [0.4, 0.5) is 34.1 Å². The lowest BCUT2D eigenvalue weighted by molar-refractivity contribution is 0.455. The first kappa shape index (κ1) is 37.4. The van der Waals surface area contributed by atoms with Gasteiger partial charge in [0.2, 0.25) is 0 Å². The van der Waals surface area contributed by atoms with E-state index in [9.17, 15) is 0 Å². The van der Waals surface area contributed by atoms with E-state index in [4.69, 9.17) is 0 Å². The summed E-state index contributed by atoms with van der Waals surface area (Å²) in [6, 6.07) is 62.4. The van der Waals surface area contributed by atoms with E-state index in [0.717, 1.165) is 25.7 Å². The maximum absolute atomic E-state index is 2.59. The van der Waals surface area contributed by atoms with E-state index in [1.807, 2.05) is 0 Å². The molecule has 59 heavy (non-hydrogen) atoms. The fourth-order valence-electron chi connectivity index (χ4n) is 10.5. The highest BCUT2D eigenvalue weighted by molar-refractivity contribution is 5.86. The van der Waals surface area contributed by atoms with Crippen LogP contribution >= 0.6 is 0 Å². The summed E-state index contributed by atoms with van der Waals surface area (Å²) in [5.41, 5.74) is 19.9. The highest BCUT2D eigenvalue weighted by Gasteiger charge is 2.36. The standard InChI is InChI=1S/C57H56N2/c1-57(2)53-23-15-14-22-51(53)52-37-36-50(40-54(52)57)59(49-34-32-44(33-35-49)43-16-8-4-3-5-9-17-43)56-39-42-25-29-45-28-24-41(26-30-46(56)31-27-42)38-55(45)58(47-18-10-6-11-19-47)48-20-12-7-13-21-48/h6-7,10-15,18-24,27-28,31-40,43H,3-5,8-9,16-17,25-26,29-30H2,1-2H3. The highest BCUT2D eigenvalue weighted by atomic mass is 15.2. The summed E-state index contributed by atoms with van der Waals surface area (Å²) >= 11 is 0. The average molecular weight is 769 g/mol. The van der Waals surface area contributed by atoms with Crippen LogP contribution in [0.3, 0.4) is 0 Å². The van der Waals surface area contributed by atoms with Crippen LogP contribution in [0.2, 0.25) is 0 Å². The molecule has 2 nitrogen and oxygen atoms in total. The Bertz CT molecular complexity index is 2520.